The van der Waals surface area contributed by atoms with Crippen LogP contribution in [0.25, 0.3) is 0 Å². The van der Waals surface area contributed by atoms with Gasteiger partial charge >= 0.3 is 0 Å². The van der Waals surface area contributed by atoms with Crippen molar-refractivity contribution in [1.82, 2.24) is 26.2 Å². The quantitative estimate of drug-likeness (QED) is 0.255. The molecule has 0 spiro atoms. The van der Waals surface area contributed by atoms with E-state index in [-0.39, 0.29) is 47.9 Å². The SMILES string of the molecule is CC(C)NC(=O)C(=O)[C@H](C[C@@H]1CCNC1=O)NC(=O)C1C[C@@H](c2ccccc2)CN1C(=O)[C@H](NC(=O)C1CCC2CC21)C1CCCC1. The minimum Gasteiger partial charge on any atom is -0.356 e. The minimum absolute atomic E-state index is 0.00252. The number of likely N-dealkylation sites (tertiary alicyclic amines) is 1. The molecule has 1 aromatic carbocycles. The third kappa shape index (κ3) is 7.38. The molecule has 4 unspecified atom stereocenters. The van der Waals surface area contributed by atoms with Crippen LogP contribution in [0.4, 0.5) is 0 Å². The zero-order valence-corrected chi connectivity index (χ0v) is 27.5. The molecule has 1 aromatic rings. The van der Waals surface area contributed by atoms with E-state index in [1.165, 1.54) is 0 Å². The summed E-state index contributed by atoms with van der Waals surface area (Å²) in [7, 11) is 0. The number of carbonyl (C=O) groups excluding carboxylic acids is 6. The van der Waals surface area contributed by atoms with Crippen LogP contribution in [0.3, 0.4) is 0 Å². The lowest BCUT2D eigenvalue weighted by atomic mass is 9.93. The Hall–Kier alpha value is -3.76. The van der Waals surface area contributed by atoms with Crippen LogP contribution in [0, 0.1) is 29.6 Å². The van der Waals surface area contributed by atoms with Gasteiger partial charge in [0.15, 0.2) is 0 Å². The number of amides is 5. The zero-order chi connectivity index (χ0) is 33.2. The first kappa shape index (κ1) is 33.2. The number of nitrogens with one attached hydrogen (secondary N) is 4. The highest BCUT2D eigenvalue weighted by Crippen LogP contribution is 2.55. The smallest absolute Gasteiger partial charge is 0.289 e. The number of benzene rings is 1. The lowest BCUT2D eigenvalue weighted by molar-refractivity contribution is -0.145. The maximum Gasteiger partial charge on any atom is 0.289 e. The number of rotatable bonds is 12. The van der Waals surface area contributed by atoms with Gasteiger partial charge in [0.05, 0.1) is 6.04 Å². The van der Waals surface area contributed by atoms with Gasteiger partial charge in [-0.25, -0.2) is 0 Å². The van der Waals surface area contributed by atoms with Gasteiger partial charge in [-0.05, 0) is 88.5 Å². The van der Waals surface area contributed by atoms with Crippen molar-refractivity contribution < 1.29 is 28.8 Å². The summed E-state index contributed by atoms with van der Waals surface area (Å²) in [4.78, 5) is 82.6. The molecule has 254 valence electrons. The molecule has 6 rings (SSSR count). The number of ketones is 1. The monoisotopic (exact) mass is 647 g/mol. The fraction of sp³-hybridized carbons (Fsp3) is 0.667. The summed E-state index contributed by atoms with van der Waals surface area (Å²) >= 11 is 0. The van der Waals surface area contributed by atoms with Gasteiger partial charge in [-0.3, -0.25) is 28.8 Å². The van der Waals surface area contributed by atoms with Crippen LogP contribution in [0.15, 0.2) is 30.3 Å². The van der Waals surface area contributed by atoms with Crippen molar-refractivity contribution >= 4 is 35.3 Å². The second-order valence-electron chi connectivity index (χ2n) is 14.8. The van der Waals surface area contributed by atoms with Crippen LogP contribution in [0.5, 0.6) is 0 Å². The van der Waals surface area contributed by atoms with Gasteiger partial charge in [-0.2, -0.15) is 0 Å². The number of fused-ring (bicyclic) bond motifs is 1. The maximum atomic E-state index is 14.6. The van der Waals surface area contributed by atoms with Crippen LogP contribution >= 0.6 is 0 Å². The predicted molar refractivity (Wildman–Crippen MR) is 173 cm³/mol. The molecule has 2 heterocycles. The highest BCUT2D eigenvalue weighted by molar-refractivity contribution is 6.38. The van der Waals surface area contributed by atoms with Crippen LogP contribution in [-0.4, -0.2) is 77.5 Å². The van der Waals surface area contributed by atoms with Crippen molar-refractivity contribution in [3.63, 3.8) is 0 Å². The van der Waals surface area contributed by atoms with Gasteiger partial charge in [-0.1, -0.05) is 43.2 Å². The minimum atomic E-state index is -1.22. The van der Waals surface area contributed by atoms with Gasteiger partial charge < -0.3 is 26.2 Å². The molecular weight excluding hydrogens is 598 g/mol. The summed E-state index contributed by atoms with van der Waals surface area (Å²) in [6.45, 7) is 4.25. The van der Waals surface area contributed by atoms with Gasteiger partial charge in [0.2, 0.25) is 29.4 Å². The van der Waals surface area contributed by atoms with Crippen molar-refractivity contribution in [2.75, 3.05) is 13.1 Å². The highest BCUT2D eigenvalue weighted by Gasteiger charge is 2.52. The molecule has 5 aliphatic rings. The van der Waals surface area contributed by atoms with E-state index < -0.39 is 41.6 Å². The highest BCUT2D eigenvalue weighted by atomic mass is 16.2. The Morgan fingerprint density at radius 3 is 2.26 bits per heavy atom. The molecule has 3 saturated carbocycles. The molecule has 5 amide bonds. The molecule has 11 heteroatoms. The number of hydrogen-bond acceptors (Lipinski definition) is 6. The normalized spacial score (nSPS) is 29.6. The average Bonchev–Trinajstić information content (AvgIpc) is 3.57. The van der Waals surface area contributed by atoms with E-state index in [0.29, 0.717) is 37.8 Å². The Kier molecular flexibility index (Phi) is 9.98. The lowest BCUT2D eigenvalue weighted by Crippen LogP contribution is -2.58. The first-order valence-corrected chi connectivity index (χ1v) is 17.7. The van der Waals surface area contributed by atoms with Crippen molar-refractivity contribution in [2.24, 2.45) is 29.6 Å². The number of Topliss-reactive ketones (excluding diaryl/α,β-unsaturated/α-hetero) is 1. The van der Waals surface area contributed by atoms with E-state index in [2.05, 4.69) is 21.3 Å². The molecule has 3 aliphatic carbocycles. The first-order chi connectivity index (χ1) is 22.6. The molecule has 4 N–H and O–H groups in total. The molecule has 5 fully saturated rings. The van der Waals surface area contributed by atoms with E-state index in [1.54, 1.807) is 18.7 Å². The van der Waals surface area contributed by atoms with Gasteiger partial charge in [0, 0.05) is 36.9 Å². The van der Waals surface area contributed by atoms with Crippen molar-refractivity contribution in [1.29, 1.82) is 0 Å². The summed E-state index contributed by atoms with van der Waals surface area (Å²) in [6, 6.07) is 6.61. The molecule has 0 bridgehead atoms. The van der Waals surface area contributed by atoms with Crippen LogP contribution in [-0.2, 0) is 28.8 Å². The van der Waals surface area contributed by atoms with Gasteiger partial charge in [-0.15, -0.1) is 0 Å². The van der Waals surface area contributed by atoms with Crippen molar-refractivity contribution in [3.05, 3.63) is 35.9 Å². The summed E-state index contributed by atoms with van der Waals surface area (Å²) in [6.07, 6.45) is 7.50. The van der Waals surface area contributed by atoms with Gasteiger partial charge in [0.1, 0.15) is 12.1 Å². The van der Waals surface area contributed by atoms with E-state index in [9.17, 15) is 28.8 Å². The predicted octanol–water partition coefficient (Wildman–Crippen LogP) is 2.20. The third-order valence-corrected chi connectivity index (χ3v) is 11.2. The summed E-state index contributed by atoms with van der Waals surface area (Å²) in [5.41, 5.74) is 0.999. The van der Waals surface area contributed by atoms with Crippen molar-refractivity contribution in [3.8, 4) is 0 Å². The Bertz CT molecular complexity index is 1380. The van der Waals surface area contributed by atoms with Crippen LogP contribution in [0.2, 0.25) is 0 Å². The Balaban J connectivity index is 1.25. The molecule has 2 aliphatic heterocycles. The second kappa shape index (κ2) is 14.2. The molecule has 47 heavy (non-hydrogen) atoms. The van der Waals surface area contributed by atoms with Crippen LogP contribution < -0.4 is 21.3 Å². The largest absolute Gasteiger partial charge is 0.356 e. The summed E-state index contributed by atoms with van der Waals surface area (Å²) in [5.74, 6) is -2.31. The van der Waals surface area contributed by atoms with E-state index in [4.69, 9.17) is 0 Å². The van der Waals surface area contributed by atoms with E-state index in [1.807, 2.05) is 30.3 Å². The molecule has 8 atom stereocenters. The molecule has 0 radical (unpaired) electrons. The summed E-state index contributed by atoms with van der Waals surface area (Å²) < 4.78 is 0. The Morgan fingerprint density at radius 1 is 0.894 bits per heavy atom. The maximum absolute atomic E-state index is 14.6. The molecule has 0 aromatic heterocycles. The topological polar surface area (TPSA) is 154 Å². The second-order valence-corrected chi connectivity index (χ2v) is 14.8. The Morgan fingerprint density at radius 2 is 1.64 bits per heavy atom. The zero-order valence-electron chi connectivity index (χ0n) is 27.5. The van der Waals surface area contributed by atoms with E-state index in [0.717, 1.165) is 50.5 Å². The first-order valence-electron chi connectivity index (χ1n) is 17.7. The summed E-state index contributed by atoms with van der Waals surface area (Å²) in [5, 5.41) is 11.4. The number of hydrogen-bond donors (Lipinski definition) is 4. The lowest BCUT2D eigenvalue weighted by Gasteiger charge is -2.33. The number of carbonyl (C=O) groups is 6. The molecule has 2 saturated heterocycles. The number of nitrogens with zero attached hydrogens (tertiary/aromatic N) is 1. The molecule has 11 nitrogen and oxygen atoms in total. The fourth-order valence-electron chi connectivity index (χ4n) is 8.58. The fourth-order valence-corrected chi connectivity index (χ4v) is 8.58. The Labute approximate surface area is 276 Å². The molecular formula is C36H49N5O6. The third-order valence-electron chi connectivity index (χ3n) is 11.2. The standard InChI is InChI=1S/C36H49N5O6/c1-20(2)38-35(46)31(42)28(17-24-14-15-37-32(24)43)39-34(45)29-18-25(21-8-4-3-5-9-21)19-41(29)36(47)30(22-10-6-7-11-22)40-33(44)26-13-12-23-16-27(23)26/h3-5,8-9,20,22-30H,6-7,10-19H2,1-2H3,(H,37,43)(H,38,46)(H,39,45)(H,40,44)/t23?,24-,25+,26?,27?,28-,29?,30+/m0/s1. The van der Waals surface area contributed by atoms with E-state index >= 15 is 0 Å². The van der Waals surface area contributed by atoms with Gasteiger partial charge in [0.25, 0.3) is 5.91 Å². The van der Waals surface area contributed by atoms with Crippen LogP contribution in [0.1, 0.15) is 89.5 Å². The van der Waals surface area contributed by atoms with Crippen molar-refractivity contribution in [2.45, 2.75) is 108 Å². The average molecular weight is 648 g/mol.